The van der Waals surface area contributed by atoms with E-state index in [1.807, 2.05) is 0 Å². The van der Waals surface area contributed by atoms with Gasteiger partial charge >= 0.3 is 5.96 Å². The lowest BCUT2D eigenvalue weighted by Crippen LogP contribution is -2.54. The Hall–Kier alpha value is -0.730. The zero-order chi connectivity index (χ0) is 11.4. The van der Waals surface area contributed by atoms with Gasteiger partial charge < -0.3 is 0 Å². The minimum atomic E-state index is 0.719. The molecule has 0 radical (unpaired) electrons. The maximum absolute atomic E-state index is 2.45. The Labute approximate surface area is 94.4 Å². The van der Waals surface area contributed by atoms with E-state index in [-0.39, 0.29) is 0 Å². The van der Waals surface area contributed by atoms with E-state index in [2.05, 4.69) is 49.2 Å². The van der Waals surface area contributed by atoms with Crippen LogP contribution in [0.1, 0.15) is 33.6 Å². The van der Waals surface area contributed by atoms with Crippen LogP contribution in [0.2, 0.25) is 0 Å². The molecule has 1 heterocycles. The van der Waals surface area contributed by atoms with Gasteiger partial charge in [-0.05, 0) is 20.3 Å². The van der Waals surface area contributed by atoms with Crippen molar-refractivity contribution in [1.29, 1.82) is 0 Å². The molecule has 0 bridgehead atoms. The van der Waals surface area contributed by atoms with Crippen LogP contribution in [-0.4, -0.2) is 60.1 Å². The topological polar surface area (TPSA) is 9.49 Å². The molecule has 0 aliphatic carbocycles. The third-order valence-electron chi connectivity index (χ3n) is 3.52. The second kappa shape index (κ2) is 5.38. The number of hydrogen-bond acceptors (Lipinski definition) is 2. The molecular formula is C12H26N3+. The number of hydrogen-bond donors (Lipinski definition) is 0. The molecule has 0 aromatic rings. The quantitative estimate of drug-likeness (QED) is 0.655. The van der Waals surface area contributed by atoms with Gasteiger partial charge in [0.25, 0.3) is 0 Å². The van der Waals surface area contributed by atoms with Gasteiger partial charge in [0.1, 0.15) is 0 Å². The molecule has 1 aliphatic rings. The Morgan fingerprint density at radius 1 is 1.33 bits per heavy atom. The van der Waals surface area contributed by atoms with E-state index >= 15 is 0 Å². The first kappa shape index (κ1) is 12.3. The molecule has 0 fully saturated rings. The monoisotopic (exact) mass is 212 g/mol. The van der Waals surface area contributed by atoms with Crippen LogP contribution < -0.4 is 0 Å². The van der Waals surface area contributed by atoms with Gasteiger partial charge in [0, 0.05) is 6.42 Å². The van der Waals surface area contributed by atoms with Crippen molar-refractivity contribution in [1.82, 2.24) is 9.80 Å². The highest BCUT2D eigenvalue weighted by atomic mass is 15.4. The largest absolute Gasteiger partial charge is 0.350 e. The Kier molecular flexibility index (Phi) is 4.43. The normalized spacial score (nSPS) is 22.2. The molecule has 0 spiro atoms. The smallest absolute Gasteiger partial charge is 0.267 e. The van der Waals surface area contributed by atoms with Crippen LogP contribution in [0.15, 0.2) is 0 Å². The third-order valence-corrected chi connectivity index (χ3v) is 3.52. The third kappa shape index (κ3) is 2.44. The summed E-state index contributed by atoms with van der Waals surface area (Å²) < 4.78 is 2.39. The van der Waals surface area contributed by atoms with Crippen molar-refractivity contribution in [2.75, 3.05) is 33.7 Å². The molecule has 0 saturated carbocycles. The molecule has 88 valence electrons. The highest BCUT2D eigenvalue weighted by Crippen LogP contribution is 2.14. The average Bonchev–Trinajstić information content (AvgIpc) is 2.24. The van der Waals surface area contributed by atoms with Crippen LogP contribution in [0.4, 0.5) is 0 Å². The summed E-state index contributed by atoms with van der Waals surface area (Å²) in [7, 11) is 4.44. The summed E-state index contributed by atoms with van der Waals surface area (Å²) in [5, 5.41) is 0. The van der Waals surface area contributed by atoms with E-state index in [1.54, 1.807) is 0 Å². The van der Waals surface area contributed by atoms with E-state index in [9.17, 15) is 0 Å². The summed E-state index contributed by atoms with van der Waals surface area (Å²) in [4.78, 5) is 4.90. The molecule has 1 rings (SSSR count). The van der Waals surface area contributed by atoms with Gasteiger partial charge in [-0.2, -0.15) is 0 Å². The predicted octanol–water partition coefficient (Wildman–Crippen LogP) is 1.44. The molecule has 0 saturated heterocycles. The number of nitrogens with zero attached hydrogens (tertiary/aromatic N) is 3. The van der Waals surface area contributed by atoms with Crippen molar-refractivity contribution in [3.8, 4) is 0 Å². The molecule has 3 heteroatoms. The van der Waals surface area contributed by atoms with E-state index in [0.717, 1.165) is 19.1 Å². The first-order valence-electron chi connectivity index (χ1n) is 6.21. The molecule has 1 unspecified atom stereocenters. The van der Waals surface area contributed by atoms with Gasteiger partial charge in [0.05, 0.1) is 39.8 Å². The van der Waals surface area contributed by atoms with E-state index in [4.69, 9.17) is 0 Å². The fourth-order valence-corrected chi connectivity index (χ4v) is 2.52. The SMILES string of the molecule is CCC1CC[N+](C)=C(N(CC)CC)N1C. The second-order valence-corrected chi connectivity index (χ2v) is 4.36. The van der Waals surface area contributed by atoms with Gasteiger partial charge in [-0.1, -0.05) is 6.92 Å². The minimum Gasteiger partial charge on any atom is -0.267 e. The van der Waals surface area contributed by atoms with E-state index in [0.29, 0.717) is 0 Å². The molecule has 1 aliphatic heterocycles. The standard InChI is InChI=1S/C12H26N3/c1-6-11-9-10-13(4)12(14(11)5)15(7-2)8-3/h11H,6-10H2,1-5H3/q+1. The molecule has 0 aromatic heterocycles. The fraction of sp³-hybridized carbons (Fsp3) is 0.917. The molecule has 15 heavy (non-hydrogen) atoms. The average molecular weight is 212 g/mol. The van der Waals surface area contributed by atoms with Crippen LogP contribution in [0.3, 0.4) is 0 Å². The molecule has 1 atom stereocenters. The van der Waals surface area contributed by atoms with Crippen molar-refractivity contribution in [3.63, 3.8) is 0 Å². The van der Waals surface area contributed by atoms with Crippen molar-refractivity contribution in [2.45, 2.75) is 39.7 Å². The molecule has 3 nitrogen and oxygen atoms in total. The number of guanidine groups is 1. The minimum absolute atomic E-state index is 0.719. The first-order chi connectivity index (χ1) is 7.15. The zero-order valence-electron chi connectivity index (χ0n) is 11.0. The van der Waals surface area contributed by atoms with E-state index < -0.39 is 0 Å². The first-order valence-corrected chi connectivity index (χ1v) is 6.21. The maximum atomic E-state index is 2.45. The Balaban J connectivity index is 2.90. The van der Waals surface area contributed by atoms with Crippen molar-refractivity contribution >= 4 is 5.96 Å². The van der Waals surface area contributed by atoms with Crippen LogP contribution in [-0.2, 0) is 0 Å². The Morgan fingerprint density at radius 3 is 2.40 bits per heavy atom. The summed E-state index contributed by atoms with van der Waals surface area (Å²) >= 11 is 0. The van der Waals surface area contributed by atoms with Crippen molar-refractivity contribution in [3.05, 3.63) is 0 Å². The summed E-state index contributed by atoms with van der Waals surface area (Å²) in [6.07, 6.45) is 2.53. The van der Waals surface area contributed by atoms with Crippen LogP contribution in [0.5, 0.6) is 0 Å². The van der Waals surface area contributed by atoms with Gasteiger partial charge in [0.15, 0.2) is 0 Å². The van der Waals surface area contributed by atoms with Crippen molar-refractivity contribution < 1.29 is 4.58 Å². The maximum Gasteiger partial charge on any atom is 0.350 e. The lowest BCUT2D eigenvalue weighted by atomic mass is 10.1. The second-order valence-electron chi connectivity index (χ2n) is 4.36. The summed E-state index contributed by atoms with van der Waals surface area (Å²) in [5.41, 5.74) is 0. The van der Waals surface area contributed by atoms with Crippen molar-refractivity contribution in [2.24, 2.45) is 0 Å². The van der Waals surface area contributed by atoms with Gasteiger partial charge in [0.2, 0.25) is 0 Å². The molecule has 0 amide bonds. The Morgan fingerprint density at radius 2 is 1.93 bits per heavy atom. The van der Waals surface area contributed by atoms with Gasteiger partial charge in [-0.25, -0.2) is 0 Å². The summed E-state index contributed by atoms with van der Waals surface area (Å²) in [6.45, 7) is 10.1. The molecule has 0 aromatic carbocycles. The lowest BCUT2D eigenvalue weighted by Gasteiger charge is -2.34. The van der Waals surface area contributed by atoms with Crippen LogP contribution in [0.25, 0.3) is 0 Å². The van der Waals surface area contributed by atoms with Gasteiger partial charge in [-0.15, -0.1) is 0 Å². The summed E-state index contributed by atoms with van der Waals surface area (Å²) in [5.74, 6) is 1.40. The Bertz CT molecular complexity index is 231. The zero-order valence-corrected chi connectivity index (χ0v) is 11.0. The molecule has 0 N–H and O–H groups in total. The van der Waals surface area contributed by atoms with Crippen LogP contribution >= 0.6 is 0 Å². The highest BCUT2D eigenvalue weighted by Gasteiger charge is 2.32. The van der Waals surface area contributed by atoms with Crippen LogP contribution in [0, 0.1) is 0 Å². The van der Waals surface area contributed by atoms with Gasteiger partial charge in [-0.3, -0.25) is 14.4 Å². The predicted molar refractivity (Wildman–Crippen MR) is 65.4 cm³/mol. The fourth-order valence-electron chi connectivity index (χ4n) is 2.52. The summed E-state index contributed by atoms with van der Waals surface area (Å²) in [6, 6.07) is 0.719. The van der Waals surface area contributed by atoms with E-state index in [1.165, 1.54) is 25.3 Å². The highest BCUT2D eigenvalue weighted by molar-refractivity contribution is 5.75. The lowest BCUT2D eigenvalue weighted by molar-refractivity contribution is -0.516. The number of rotatable bonds is 3. The molecular weight excluding hydrogens is 186 g/mol.